The van der Waals surface area contributed by atoms with E-state index in [0.29, 0.717) is 79.9 Å². The van der Waals surface area contributed by atoms with E-state index in [9.17, 15) is 14.4 Å². The van der Waals surface area contributed by atoms with Gasteiger partial charge in [-0.05, 0) is 79.7 Å². The molecule has 0 spiro atoms. The lowest BCUT2D eigenvalue weighted by Gasteiger charge is -2.13. The molecule has 24 heteroatoms. The predicted octanol–water partition coefficient (Wildman–Crippen LogP) is 13.7. The Balaban J connectivity index is 0.000000181. The van der Waals surface area contributed by atoms with Crippen LogP contribution in [0.5, 0.6) is 0 Å². The van der Waals surface area contributed by atoms with Gasteiger partial charge >= 0.3 is 5.97 Å². The van der Waals surface area contributed by atoms with E-state index in [1.165, 1.54) is 59.6 Å². The molecule has 73 heavy (non-hydrogen) atoms. The van der Waals surface area contributed by atoms with E-state index in [1.807, 2.05) is 19.1 Å². The lowest BCUT2D eigenvalue weighted by molar-refractivity contribution is -0.0760. The molecule has 0 aliphatic carbocycles. The molecule has 0 aliphatic heterocycles. The van der Waals surface area contributed by atoms with Gasteiger partial charge in [0, 0.05) is 36.2 Å². The molecule has 4 aromatic carbocycles. The highest BCUT2D eigenvalue weighted by atomic mass is 35.5. The second-order valence-corrected chi connectivity index (χ2v) is 17.6. The van der Waals surface area contributed by atoms with Gasteiger partial charge in [-0.25, -0.2) is 49.7 Å². The average Bonchev–Trinajstić information content (AvgIpc) is 3.39. The Hall–Kier alpha value is -6.44. The topological polar surface area (TPSA) is 209 Å². The van der Waals surface area contributed by atoms with Crippen LogP contribution in [0.2, 0.25) is 40.2 Å². The smallest absolute Gasteiger partial charge is 0.354 e. The number of ketones is 1. The Morgan fingerprint density at radius 2 is 0.767 bits per heavy atom. The number of aromatic nitrogens is 8. The van der Waals surface area contributed by atoms with Crippen LogP contribution in [0.15, 0.2) is 128 Å². The molecule has 0 radical (unpaired) electrons. The molecule has 8 rings (SSSR count). The Labute approximate surface area is 457 Å². The molecule has 1 amide bonds. The first-order chi connectivity index (χ1) is 34.8. The zero-order valence-corrected chi connectivity index (χ0v) is 44.6. The summed E-state index contributed by atoms with van der Waals surface area (Å²) < 4.78 is 0. The van der Waals surface area contributed by atoms with E-state index in [4.69, 9.17) is 108 Å². The minimum Gasteiger partial charge on any atom is -0.477 e. The number of carbonyl (C=O) groups is 3. The number of carboxylic acids is 1. The van der Waals surface area contributed by atoms with E-state index < -0.39 is 5.97 Å². The van der Waals surface area contributed by atoms with E-state index in [1.54, 1.807) is 78.9 Å². The zero-order chi connectivity index (χ0) is 53.4. The van der Waals surface area contributed by atoms with Gasteiger partial charge in [0.15, 0.2) is 11.5 Å². The van der Waals surface area contributed by atoms with Crippen LogP contribution < -0.4 is 0 Å². The van der Waals surface area contributed by atoms with E-state index in [2.05, 4.69) is 45.0 Å². The first-order valence-electron chi connectivity index (χ1n) is 20.5. The maximum atomic E-state index is 11.9. The Kier molecular flexibility index (Phi) is 21.7. The third-order valence-electron chi connectivity index (χ3n) is 9.49. The fourth-order valence-electron chi connectivity index (χ4n) is 5.73. The molecule has 0 saturated heterocycles. The summed E-state index contributed by atoms with van der Waals surface area (Å²) in [5, 5.41) is 17.4. The van der Waals surface area contributed by atoms with Crippen molar-refractivity contribution in [1.29, 1.82) is 0 Å². The lowest BCUT2D eigenvalue weighted by atomic mass is 10.1. The molecule has 4 heterocycles. The van der Waals surface area contributed by atoms with Crippen molar-refractivity contribution >= 4 is 116 Å². The number of carboxylic acid groups (broad SMARTS) is 1. The number of hydroxylamine groups is 2. The molecule has 0 saturated carbocycles. The number of hydrogen-bond acceptors (Lipinski definition) is 14. The summed E-state index contributed by atoms with van der Waals surface area (Å²) >= 11 is 47.1. The van der Waals surface area contributed by atoms with Crippen LogP contribution in [-0.2, 0) is 9.68 Å². The van der Waals surface area contributed by atoms with Crippen LogP contribution in [0.3, 0.4) is 0 Å². The van der Waals surface area contributed by atoms with Gasteiger partial charge in [0.05, 0.1) is 75.8 Å². The number of rotatable bonds is 10. The van der Waals surface area contributed by atoms with Crippen LogP contribution >= 0.6 is 92.8 Å². The minimum atomic E-state index is -1.10. The maximum Gasteiger partial charge on any atom is 0.354 e. The number of oxime groups is 1. The van der Waals surface area contributed by atoms with Gasteiger partial charge in [0.25, 0.3) is 5.91 Å². The number of aromatic carboxylic acids is 1. The van der Waals surface area contributed by atoms with Crippen molar-refractivity contribution in [2.75, 3.05) is 21.3 Å². The Bertz CT molecular complexity index is 3210. The Morgan fingerprint density at radius 3 is 1.10 bits per heavy atom. The van der Waals surface area contributed by atoms with Gasteiger partial charge in [0.1, 0.15) is 49.5 Å². The highest BCUT2D eigenvalue weighted by Gasteiger charge is 2.15. The van der Waals surface area contributed by atoms with Crippen molar-refractivity contribution in [1.82, 2.24) is 44.9 Å². The fourth-order valence-corrected chi connectivity index (χ4v) is 6.93. The SMILES string of the molecule is CC(=O)c1cc(-c2ccc(Cl)c(Cl)c2)ncn1.CON(C)C(=O)c1cc(-c2ccc(Cl)c(Cl)c2)ncn1.CON=C(C)c1cc(-c2ccc(Cl)c(Cl)c2)ncn1.O=C(O)c1cc(-c2ccc(Cl)c(Cl)c2)ncn1. The van der Waals surface area contributed by atoms with Crippen molar-refractivity contribution in [2.24, 2.45) is 5.16 Å². The number of benzene rings is 4. The molecule has 0 fully saturated rings. The van der Waals surface area contributed by atoms with E-state index >= 15 is 0 Å². The van der Waals surface area contributed by atoms with Gasteiger partial charge in [0.2, 0.25) is 0 Å². The first-order valence-corrected chi connectivity index (χ1v) is 23.6. The van der Waals surface area contributed by atoms with Crippen molar-refractivity contribution in [3.63, 3.8) is 0 Å². The monoisotopic (exact) mass is 1140 g/mol. The van der Waals surface area contributed by atoms with Gasteiger partial charge < -0.3 is 9.94 Å². The molecule has 16 nitrogen and oxygen atoms in total. The molecule has 374 valence electrons. The summed E-state index contributed by atoms with van der Waals surface area (Å²) in [6.07, 6.45) is 5.34. The second-order valence-electron chi connectivity index (χ2n) is 14.4. The highest BCUT2D eigenvalue weighted by Crippen LogP contribution is 2.31. The van der Waals surface area contributed by atoms with Gasteiger partial charge in [-0.1, -0.05) is 122 Å². The van der Waals surface area contributed by atoms with Gasteiger partial charge in [-0.2, -0.15) is 0 Å². The third-order valence-corrected chi connectivity index (χ3v) is 12.4. The maximum absolute atomic E-state index is 11.9. The number of hydrogen-bond donors (Lipinski definition) is 1. The summed E-state index contributed by atoms with van der Waals surface area (Å²) in [5.74, 6) is -1.57. The molecule has 1 N–H and O–H groups in total. The van der Waals surface area contributed by atoms with Crippen LogP contribution in [0, 0.1) is 0 Å². The standard InChI is InChI=1S/C13H11Cl2N3O2.C13H11Cl2N3O.C12H8Cl2N2O.C11H6Cl2N2O2/c1-18(20-2)13(19)12-6-11(16-7-17-12)8-3-4-9(14)10(15)5-8;1-8(18-19-2)12-6-13(17-7-16-12)9-3-4-10(14)11(15)5-9;1-7(17)11-5-12(16-6-15-11)8-2-3-9(13)10(14)4-8;12-7-2-1-6(3-8(7)13)9-4-10(11(16)17)15-5-14-9/h3-7H,1-2H3;3-7H,1-2H3;2-6H,1H3;1-5H,(H,16,17). The predicted molar refractivity (Wildman–Crippen MR) is 285 cm³/mol. The lowest BCUT2D eigenvalue weighted by Crippen LogP contribution is -2.26. The number of amides is 1. The summed E-state index contributed by atoms with van der Waals surface area (Å²) in [6, 6.07) is 27.0. The molecular formula is C49H36Cl8N10O6. The van der Waals surface area contributed by atoms with Crippen LogP contribution in [0.1, 0.15) is 51.0 Å². The van der Waals surface area contributed by atoms with E-state index in [-0.39, 0.29) is 23.1 Å². The average molecular weight is 1140 g/mol. The zero-order valence-electron chi connectivity index (χ0n) is 38.5. The fraction of sp³-hybridized carbons (Fsp3) is 0.102. The van der Waals surface area contributed by atoms with Crippen molar-refractivity contribution in [3.05, 3.63) is 185 Å². The number of Topliss-reactive ketones (excluding diaryl/α,β-unsaturated/α-hetero) is 1. The molecule has 0 bridgehead atoms. The third kappa shape index (κ3) is 16.5. The minimum absolute atomic E-state index is 0.0685. The molecule has 0 unspecified atom stereocenters. The normalized spacial score (nSPS) is 10.6. The highest BCUT2D eigenvalue weighted by molar-refractivity contribution is 6.43. The summed E-state index contributed by atoms with van der Waals surface area (Å²) in [6.45, 7) is 3.27. The molecule has 0 aliphatic rings. The second kappa shape index (κ2) is 27.6. The summed E-state index contributed by atoms with van der Waals surface area (Å²) in [7, 11) is 4.40. The van der Waals surface area contributed by atoms with Gasteiger partial charge in [-0.15, -0.1) is 0 Å². The van der Waals surface area contributed by atoms with Crippen LogP contribution in [-0.4, -0.2) is 94.7 Å². The van der Waals surface area contributed by atoms with E-state index in [0.717, 1.165) is 27.4 Å². The number of halogens is 8. The summed E-state index contributed by atoms with van der Waals surface area (Å²) in [5.41, 5.74) is 7.44. The van der Waals surface area contributed by atoms with Crippen molar-refractivity contribution in [3.8, 4) is 45.0 Å². The largest absolute Gasteiger partial charge is 0.477 e. The molecule has 0 atom stereocenters. The van der Waals surface area contributed by atoms with Crippen LogP contribution in [0.25, 0.3) is 45.0 Å². The molecular weight excluding hydrogens is 1110 g/mol. The Morgan fingerprint density at radius 1 is 0.452 bits per heavy atom. The van der Waals surface area contributed by atoms with Crippen molar-refractivity contribution < 1.29 is 29.2 Å². The number of carbonyl (C=O) groups excluding carboxylic acids is 2. The number of nitrogens with zero attached hydrogens (tertiary/aromatic N) is 10. The van der Waals surface area contributed by atoms with Crippen LogP contribution in [0.4, 0.5) is 0 Å². The molecule has 4 aromatic heterocycles. The van der Waals surface area contributed by atoms with Gasteiger partial charge in [-0.3, -0.25) is 14.4 Å². The van der Waals surface area contributed by atoms with Crippen molar-refractivity contribution in [2.45, 2.75) is 13.8 Å². The summed E-state index contributed by atoms with van der Waals surface area (Å²) in [4.78, 5) is 75.5. The molecule has 8 aromatic rings. The first kappa shape index (κ1) is 57.5. The quantitative estimate of drug-likeness (QED) is 0.0768.